The Hall–Kier alpha value is -1.81. The summed E-state index contributed by atoms with van der Waals surface area (Å²) >= 11 is 0. The van der Waals surface area contributed by atoms with Crippen LogP contribution in [-0.4, -0.2) is 26.8 Å². The largest absolute Gasteiger partial charge is 0.382 e. The first-order chi connectivity index (χ1) is 11.0. The molecule has 2 aliphatic rings. The van der Waals surface area contributed by atoms with Crippen LogP contribution in [0.25, 0.3) is 0 Å². The van der Waals surface area contributed by atoms with Crippen LogP contribution in [0.2, 0.25) is 0 Å². The second-order valence-electron chi connectivity index (χ2n) is 6.24. The average molecular weight is 337 g/mol. The molecule has 2 fully saturated rings. The van der Waals surface area contributed by atoms with Crippen LogP contribution in [0.15, 0.2) is 18.2 Å². The van der Waals surface area contributed by atoms with E-state index in [4.69, 9.17) is 5.26 Å². The zero-order valence-electron chi connectivity index (χ0n) is 12.8. The van der Waals surface area contributed by atoms with Crippen molar-refractivity contribution in [3.05, 3.63) is 24.0 Å². The first-order valence-corrected chi connectivity index (χ1v) is 9.56. The van der Waals surface area contributed by atoms with Crippen LogP contribution in [0.3, 0.4) is 0 Å². The van der Waals surface area contributed by atoms with Gasteiger partial charge in [0.05, 0.1) is 17.5 Å². The molecule has 0 radical (unpaired) electrons. The van der Waals surface area contributed by atoms with Crippen LogP contribution in [-0.2, 0) is 10.0 Å². The van der Waals surface area contributed by atoms with Gasteiger partial charge in [-0.15, -0.1) is 0 Å². The van der Waals surface area contributed by atoms with Gasteiger partial charge in [-0.05, 0) is 43.9 Å². The summed E-state index contributed by atoms with van der Waals surface area (Å²) in [4.78, 5) is 0. The van der Waals surface area contributed by atoms with E-state index in [0.29, 0.717) is 18.7 Å². The number of nitrogens with one attached hydrogen (secondary N) is 1. The predicted molar refractivity (Wildman–Crippen MR) is 87.1 cm³/mol. The topological polar surface area (TPSA) is 73.2 Å². The van der Waals surface area contributed by atoms with Gasteiger partial charge in [-0.2, -0.15) is 5.26 Å². The van der Waals surface area contributed by atoms with Crippen molar-refractivity contribution in [3.63, 3.8) is 0 Å². The summed E-state index contributed by atoms with van der Waals surface area (Å²) in [7, 11) is -3.40. The summed E-state index contributed by atoms with van der Waals surface area (Å²) in [5.74, 6) is -0.406. The Morgan fingerprint density at radius 1 is 1.30 bits per heavy atom. The normalized spacial score (nSPS) is 26.7. The van der Waals surface area contributed by atoms with Gasteiger partial charge in [0, 0.05) is 24.2 Å². The molecule has 1 saturated heterocycles. The van der Waals surface area contributed by atoms with Crippen LogP contribution >= 0.6 is 0 Å². The smallest absolute Gasteiger partial charge is 0.235 e. The summed E-state index contributed by atoms with van der Waals surface area (Å²) in [5, 5.41) is 12.4. The molecule has 1 N–H and O–H groups in total. The van der Waals surface area contributed by atoms with E-state index in [-0.39, 0.29) is 23.4 Å². The molecule has 1 aromatic rings. The minimum absolute atomic E-state index is 0.0557. The average Bonchev–Trinajstić information content (AvgIpc) is 2.88. The van der Waals surface area contributed by atoms with Crippen LogP contribution < -0.4 is 9.62 Å². The van der Waals surface area contributed by atoms with Gasteiger partial charge in [-0.3, -0.25) is 4.31 Å². The van der Waals surface area contributed by atoms with Crippen molar-refractivity contribution in [2.24, 2.45) is 5.92 Å². The minimum Gasteiger partial charge on any atom is -0.382 e. The number of benzene rings is 1. The fourth-order valence-corrected chi connectivity index (χ4v) is 4.94. The molecule has 3 rings (SSSR count). The molecule has 7 heteroatoms. The summed E-state index contributed by atoms with van der Waals surface area (Å²) in [5.41, 5.74) is 0.812. The third-order valence-electron chi connectivity index (χ3n) is 4.54. The third kappa shape index (κ3) is 3.42. The Kier molecular flexibility index (Phi) is 4.44. The summed E-state index contributed by atoms with van der Waals surface area (Å²) in [6.45, 7) is 0.322. The zero-order chi connectivity index (χ0) is 16.4. The lowest BCUT2D eigenvalue weighted by molar-refractivity contribution is 0.395. The van der Waals surface area contributed by atoms with Gasteiger partial charge in [0.25, 0.3) is 0 Å². The Morgan fingerprint density at radius 3 is 2.83 bits per heavy atom. The summed E-state index contributed by atoms with van der Waals surface area (Å²) < 4.78 is 39.2. The molecule has 1 aliphatic heterocycles. The number of anilines is 2. The van der Waals surface area contributed by atoms with E-state index in [1.807, 2.05) is 0 Å². The molecular weight excluding hydrogens is 317 g/mol. The Morgan fingerprint density at radius 2 is 2.13 bits per heavy atom. The fourth-order valence-electron chi connectivity index (χ4n) is 3.38. The fraction of sp³-hybridized carbons (Fsp3) is 0.562. The van der Waals surface area contributed by atoms with Gasteiger partial charge in [-0.25, -0.2) is 12.8 Å². The molecule has 1 aliphatic carbocycles. The lowest BCUT2D eigenvalue weighted by Crippen LogP contribution is -2.28. The van der Waals surface area contributed by atoms with Gasteiger partial charge in [0.2, 0.25) is 10.0 Å². The van der Waals surface area contributed by atoms with Crippen LogP contribution in [0.4, 0.5) is 15.8 Å². The first-order valence-electron chi connectivity index (χ1n) is 7.96. The third-order valence-corrected chi connectivity index (χ3v) is 6.40. The van der Waals surface area contributed by atoms with Crippen molar-refractivity contribution in [2.75, 3.05) is 21.9 Å². The highest BCUT2D eigenvalue weighted by atomic mass is 32.2. The monoisotopic (exact) mass is 337 g/mol. The molecule has 1 saturated carbocycles. The molecule has 5 nitrogen and oxygen atoms in total. The lowest BCUT2D eigenvalue weighted by atomic mass is 9.86. The minimum atomic E-state index is -3.40. The molecule has 0 aromatic heterocycles. The zero-order valence-corrected chi connectivity index (χ0v) is 13.7. The standard InChI is InChI=1S/C16H20FN3O2S/c17-15-6-5-14(19-13-4-1-3-12(9-13)11-18)10-16(15)20-7-2-8-23(20,21)22/h5-6,10,12-13,19H,1-4,7-9H2/t12-,13+/m1/s1. The van der Waals surface area contributed by atoms with Gasteiger partial charge in [-0.1, -0.05) is 6.42 Å². The SMILES string of the molecule is N#C[C@@H]1CCC[C@H](Nc2ccc(F)c(N3CCCS3(=O)=O)c2)C1. The first kappa shape index (κ1) is 16.1. The molecule has 2 atom stereocenters. The predicted octanol–water partition coefficient (Wildman–Crippen LogP) is 2.86. The molecule has 0 bridgehead atoms. The summed E-state index contributed by atoms with van der Waals surface area (Å²) in [6.07, 6.45) is 4.17. The van der Waals surface area contributed by atoms with Crippen molar-refractivity contribution < 1.29 is 12.8 Å². The Labute approximate surface area is 136 Å². The number of nitriles is 1. The van der Waals surface area contributed by atoms with Crippen molar-refractivity contribution in [1.29, 1.82) is 5.26 Å². The highest BCUT2D eigenvalue weighted by molar-refractivity contribution is 7.93. The van der Waals surface area contributed by atoms with Gasteiger partial charge >= 0.3 is 0 Å². The summed E-state index contributed by atoms with van der Waals surface area (Å²) in [6, 6.07) is 6.96. The molecule has 1 aromatic carbocycles. The number of hydrogen-bond acceptors (Lipinski definition) is 4. The highest BCUT2D eigenvalue weighted by Crippen LogP contribution is 2.31. The molecule has 0 spiro atoms. The molecule has 1 heterocycles. The number of sulfonamides is 1. The van der Waals surface area contributed by atoms with Crippen molar-refractivity contribution in [1.82, 2.24) is 0 Å². The number of halogens is 1. The maximum atomic E-state index is 14.1. The van der Waals surface area contributed by atoms with Gasteiger partial charge in [0.1, 0.15) is 5.82 Å². The van der Waals surface area contributed by atoms with Gasteiger partial charge < -0.3 is 5.32 Å². The van der Waals surface area contributed by atoms with Gasteiger partial charge in [0.15, 0.2) is 0 Å². The molecular formula is C16H20FN3O2S. The van der Waals surface area contributed by atoms with E-state index in [9.17, 15) is 12.8 Å². The lowest BCUT2D eigenvalue weighted by Gasteiger charge is -2.27. The Balaban J connectivity index is 1.79. The molecule has 23 heavy (non-hydrogen) atoms. The van der Waals surface area contributed by atoms with Crippen molar-refractivity contribution in [2.45, 2.75) is 38.1 Å². The van der Waals surface area contributed by atoms with E-state index in [1.54, 1.807) is 12.1 Å². The second kappa shape index (κ2) is 6.36. The van der Waals surface area contributed by atoms with E-state index in [2.05, 4.69) is 11.4 Å². The Bertz CT molecular complexity index is 729. The quantitative estimate of drug-likeness (QED) is 0.920. The van der Waals surface area contributed by atoms with E-state index >= 15 is 0 Å². The van der Waals surface area contributed by atoms with Crippen LogP contribution in [0.5, 0.6) is 0 Å². The van der Waals surface area contributed by atoms with Crippen LogP contribution in [0.1, 0.15) is 32.1 Å². The van der Waals surface area contributed by atoms with E-state index < -0.39 is 15.8 Å². The van der Waals surface area contributed by atoms with Crippen molar-refractivity contribution >= 4 is 21.4 Å². The molecule has 124 valence electrons. The molecule has 0 unspecified atom stereocenters. The van der Waals surface area contributed by atoms with Crippen molar-refractivity contribution in [3.8, 4) is 6.07 Å². The number of hydrogen-bond donors (Lipinski definition) is 1. The molecule has 0 amide bonds. The second-order valence-corrected chi connectivity index (χ2v) is 8.25. The van der Waals surface area contributed by atoms with Crippen LogP contribution in [0, 0.1) is 23.1 Å². The maximum absolute atomic E-state index is 14.1. The number of nitrogens with zero attached hydrogens (tertiary/aromatic N) is 2. The highest BCUT2D eigenvalue weighted by Gasteiger charge is 2.30. The van der Waals surface area contributed by atoms with E-state index in [0.717, 1.165) is 30.0 Å². The maximum Gasteiger partial charge on any atom is 0.235 e. The van der Waals surface area contributed by atoms with E-state index in [1.165, 1.54) is 6.07 Å². The number of rotatable bonds is 3.